The van der Waals surface area contributed by atoms with Gasteiger partial charge >= 0.3 is 0 Å². The van der Waals surface area contributed by atoms with E-state index >= 15 is 0 Å². The Bertz CT molecular complexity index is 114. The second kappa shape index (κ2) is 4.12. The number of hydrogen-bond acceptors (Lipinski definition) is 2. The fourth-order valence-electron chi connectivity index (χ4n) is 0.335. The van der Waals surface area contributed by atoms with Crippen molar-refractivity contribution in [1.29, 1.82) is 0 Å². The first-order valence-electron chi connectivity index (χ1n) is 2.31. The number of allylic oxidation sites excluding steroid dienone is 1. The van der Waals surface area contributed by atoms with Gasteiger partial charge in [-0.3, -0.25) is 4.99 Å². The van der Waals surface area contributed by atoms with Crippen LogP contribution in [0.3, 0.4) is 0 Å². The van der Waals surface area contributed by atoms with Gasteiger partial charge in [0, 0.05) is 11.9 Å². The smallest absolute Gasteiger partial charge is 0.0450 e. The molecule has 8 heavy (non-hydrogen) atoms. The lowest BCUT2D eigenvalue weighted by Crippen LogP contribution is -1.98. The molecule has 0 aliphatic carbocycles. The van der Waals surface area contributed by atoms with E-state index in [-0.39, 0.29) is 0 Å². The van der Waals surface area contributed by atoms with Gasteiger partial charge in [0.2, 0.25) is 0 Å². The molecule has 0 heterocycles. The lowest BCUT2D eigenvalue weighted by molar-refractivity contribution is 1.05. The van der Waals surface area contributed by atoms with Crippen molar-refractivity contribution in [2.24, 2.45) is 4.99 Å². The predicted octanol–water partition coefficient (Wildman–Crippen LogP) is 1.28. The fraction of sp³-hybridized carbons (Fsp3) is 0.167. The SMILES string of the molecule is C=CN/C(C)=C/N=C. The average Bonchev–Trinajstić information content (AvgIpc) is 1.68. The molecule has 0 aromatic carbocycles. The van der Waals surface area contributed by atoms with Crippen LogP contribution >= 0.6 is 0 Å². The first kappa shape index (κ1) is 6.95. The van der Waals surface area contributed by atoms with Crippen molar-refractivity contribution >= 4 is 6.72 Å². The quantitative estimate of drug-likeness (QED) is 0.544. The molecule has 0 atom stereocenters. The minimum Gasteiger partial charge on any atom is -0.365 e. The monoisotopic (exact) mass is 110 g/mol. The van der Waals surface area contributed by atoms with Crippen molar-refractivity contribution in [3.05, 3.63) is 24.7 Å². The van der Waals surface area contributed by atoms with Gasteiger partial charge in [-0.25, -0.2) is 0 Å². The highest BCUT2D eigenvalue weighted by atomic mass is 14.9. The third-order valence-electron chi connectivity index (χ3n) is 0.615. The van der Waals surface area contributed by atoms with E-state index in [9.17, 15) is 0 Å². The number of hydrogen-bond donors (Lipinski definition) is 1. The molecule has 0 aliphatic rings. The number of nitrogens with one attached hydrogen (secondary N) is 1. The van der Waals surface area contributed by atoms with Gasteiger partial charge in [-0.05, 0) is 19.8 Å². The van der Waals surface area contributed by atoms with Crippen LogP contribution in [0.4, 0.5) is 0 Å². The predicted molar refractivity (Wildman–Crippen MR) is 36.6 cm³/mol. The maximum absolute atomic E-state index is 3.53. The lowest BCUT2D eigenvalue weighted by Gasteiger charge is -1.93. The molecule has 0 fully saturated rings. The van der Waals surface area contributed by atoms with Crippen LogP contribution in [0.1, 0.15) is 6.92 Å². The average molecular weight is 110 g/mol. The van der Waals surface area contributed by atoms with E-state index in [1.807, 2.05) is 6.92 Å². The summed E-state index contributed by atoms with van der Waals surface area (Å²) in [5.41, 5.74) is 0.940. The molecular weight excluding hydrogens is 100 g/mol. The summed E-state index contributed by atoms with van der Waals surface area (Å²) in [6.45, 7) is 8.64. The Hall–Kier alpha value is -1.05. The molecule has 0 amide bonds. The molecular formula is C6H10N2. The minimum atomic E-state index is 0.940. The van der Waals surface area contributed by atoms with Crippen LogP contribution in [0.15, 0.2) is 29.7 Å². The molecule has 0 aliphatic heterocycles. The molecule has 0 aromatic rings. The number of aliphatic imine (C=N–C) groups is 1. The summed E-state index contributed by atoms with van der Waals surface area (Å²) in [7, 11) is 0. The summed E-state index contributed by atoms with van der Waals surface area (Å²) < 4.78 is 0. The summed E-state index contributed by atoms with van der Waals surface area (Å²) in [6, 6.07) is 0. The van der Waals surface area contributed by atoms with Gasteiger partial charge in [-0.2, -0.15) is 0 Å². The third-order valence-corrected chi connectivity index (χ3v) is 0.615. The van der Waals surface area contributed by atoms with Crippen LogP contribution < -0.4 is 5.32 Å². The number of rotatable bonds is 3. The molecule has 0 radical (unpaired) electrons. The van der Waals surface area contributed by atoms with Gasteiger partial charge in [0.05, 0.1) is 0 Å². The van der Waals surface area contributed by atoms with Crippen molar-refractivity contribution in [1.82, 2.24) is 5.32 Å². The first-order valence-corrected chi connectivity index (χ1v) is 2.31. The Morgan fingerprint density at radius 3 is 2.75 bits per heavy atom. The zero-order chi connectivity index (χ0) is 6.41. The molecule has 0 rings (SSSR count). The van der Waals surface area contributed by atoms with Crippen LogP contribution in [-0.4, -0.2) is 6.72 Å². The van der Waals surface area contributed by atoms with Crippen molar-refractivity contribution in [3.63, 3.8) is 0 Å². The summed E-state index contributed by atoms with van der Waals surface area (Å²) in [4.78, 5) is 3.53. The van der Waals surface area contributed by atoms with E-state index < -0.39 is 0 Å². The van der Waals surface area contributed by atoms with Crippen LogP contribution in [-0.2, 0) is 0 Å². The van der Waals surface area contributed by atoms with Gasteiger partial charge in [-0.1, -0.05) is 6.58 Å². The third kappa shape index (κ3) is 3.15. The van der Waals surface area contributed by atoms with Crippen LogP contribution in [0, 0.1) is 0 Å². The topological polar surface area (TPSA) is 24.4 Å². The van der Waals surface area contributed by atoms with Crippen LogP contribution in [0.25, 0.3) is 0 Å². The van der Waals surface area contributed by atoms with Crippen molar-refractivity contribution in [2.45, 2.75) is 6.92 Å². The molecule has 0 aromatic heterocycles. The fourth-order valence-corrected chi connectivity index (χ4v) is 0.335. The zero-order valence-electron chi connectivity index (χ0n) is 5.02. The lowest BCUT2D eigenvalue weighted by atomic mass is 10.5. The van der Waals surface area contributed by atoms with Crippen molar-refractivity contribution in [2.75, 3.05) is 0 Å². The Balaban J connectivity index is 3.60. The van der Waals surface area contributed by atoms with E-state index in [1.54, 1.807) is 12.4 Å². The van der Waals surface area contributed by atoms with Crippen molar-refractivity contribution in [3.8, 4) is 0 Å². The van der Waals surface area contributed by atoms with Crippen LogP contribution in [0.5, 0.6) is 0 Å². The van der Waals surface area contributed by atoms with Gasteiger partial charge in [-0.15, -0.1) is 0 Å². The molecule has 0 bridgehead atoms. The van der Waals surface area contributed by atoms with Crippen LogP contribution in [0.2, 0.25) is 0 Å². The van der Waals surface area contributed by atoms with E-state index in [2.05, 4.69) is 23.6 Å². The molecule has 44 valence electrons. The first-order chi connectivity index (χ1) is 3.81. The Labute approximate surface area is 49.6 Å². The second-order valence-corrected chi connectivity index (χ2v) is 1.34. The number of nitrogens with zero attached hydrogens (tertiary/aromatic N) is 1. The highest BCUT2D eigenvalue weighted by molar-refractivity contribution is 5.26. The highest BCUT2D eigenvalue weighted by Crippen LogP contribution is 1.83. The maximum atomic E-state index is 3.53. The summed E-state index contributed by atoms with van der Waals surface area (Å²) in [6.07, 6.45) is 3.22. The second-order valence-electron chi connectivity index (χ2n) is 1.34. The van der Waals surface area contributed by atoms with Gasteiger partial charge in [0.25, 0.3) is 0 Å². The Kier molecular flexibility index (Phi) is 3.58. The Morgan fingerprint density at radius 1 is 1.75 bits per heavy atom. The standard InChI is InChI=1S/C6H10N2/c1-4-8-6(2)5-7-3/h4-5,8H,1,3H2,2H3/b6-5+. The summed E-state index contributed by atoms with van der Waals surface area (Å²) in [5.74, 6) is 0. The molecule has 0 unspecified atom stereocenters. The normalized spacial score (nSPS) is 10.4. The van der Waals surface area contributed by atoms with E-state index in [4.69, 9.17) is 0 Å². The molecule has 0 spiro atoms. The molecule has 2 heteroatoms. The minimum absolute atomic E-state index is 0.940. The highest BCUT2D eigenvalue weighted by Gasteiger charge is 1.75. The molecule has 0 saturated carbocycles. The largest absolute Gasteiger partial charge is 0.365 e. The van der Waals surface area contributed by atoms with Gasteiger partial charge < -0.3 is 5.32 Å². The van der Waals surface area contributed by atoms with Crippen molar-refractivity contribution < 1.29 is 0 Å². The molecule has 1 N–H and O–H groups in total. The van der Waals surface area contributed by atoms with Gasteiger partial charge in [0.15, 0.2) is 0 Å². The van der Waals surface area contributed by atoms with E-state index in [0.717, 1.165) is 5.70 Å². The zero-order valence-corrected chi connectivity index (χ0v) is 5.02. The summed E-state index contributed by atoms with van der Waals surface area (Å²) >= 11 is 0. The van der Waals surface area contributed by atoms with E-state index in [1.165, 1.54) is 0 Å². The van der Waals surface area contributed by atoms with Gasteiger partial charge in [0.1, 0.15) is 0 Å². The maximum Gasteiger partial charge on any atom is 0.0450 e. The Morgan fingerprint density at radius 2 is 2.38 bits per heavy atom. The summed E-state index contributed by atoms with van der Waals surface area (Å²) in [5, 5.41) is 2.84. The molecule has 2 nitrogen and oxygen atoms in total. The molecule has 0 saturated heterocycles. The van der Waals surface area contributed by atoms with E-state index in [0.29, 0.717) is 0 Å².